The molecule has 0 aliphatic heterocycles. The van der Waals surface area contributed by atoms with Gasteiger partial charge in [-0.3, -0.25) is 14.6 Å². The van der Waals surface area contributed by atoms with Gasteiger partial charge in [0, 0.05) is 30.2 Å². The molecule has 2 N–H and O–H groups in total. The first-order valence-electron chi connectivity index (χ1n) is 8.62. The maximum atomic E-state index is 12.4. The Morgan fingerprint density at radius 1 is 1.11 bits per heavy atom. The van der Waals surface area contributed by atoms with E-state index in [-0.39, 0.29) is 11.8 Å². The fraction of sp³-hybridized carbons (Fsp3) is 0.200. The first-order valence-corrected chi connectivity index (χ1v) is 8.62. The van der Waals surface area contributed by atoms with E-state index in [0.29, 0.717) is 41.2 Å². The third-order valence-electron chi connectivity index (χ3n) is 4.08. The quantitative estimate of drug-likeness (QED) is 0.700. The average molecular weight is 364 g/mol. The van der Waals surface area contributed by atoms with E-state index < -0.39 is 0 Å². The number of anilines is 1. The molecule has 27 heavy (non-hydrogen) atoms. The summed E-state index contributed by atoms with van der Waals surface area (Å²) in [5.41, 5.74) is 3.17. The Bertz CT molecular complexity index is 951. The molecule has 2 amide bonds. The van der Waals surface area contributed by atoms with Crippen molar-refractivity contribution in [2.24, 2.45) is 0 Å². The molecule has 0 saturated carbocycles. The number of nitrogens with one attached hydrogen (secondary N) is 2. The van der Waals surface area contributed by atoms with Crippen LogP contribution in [-0.2, 0) is 13.0 Å². The summed E-state index contributed by atoms with van der Waals surface area (Å²) in [6.07, 6.45) is 3.76. The average Bonchev–Trinajstić information content (AvgIpc) is 3.08. The molecule has 0 atom stereocenters. The molecule has 7 nitrogen and oxygen atoms in total. The number of carbonyl (C=O) groups is 2. The van der Waals surface area contributed by atoms with Crippen molar-refractivity contribution in [3.05, 3.63) is 76.9 Å². The number of aryl methyl sites for hydroxylation is 2. The smallest absolute Gasteiger partial charge is 0.257 e. The van der Waals surface area contributed by atoms with Crippen LogP contribution in [0.4, 0.5) is 5.69 Å². The number of nitrogens with zero attached hydrogens (tertiary/aromatic N) is 2. The highest BCUT2D eigenvalue weighted by Crippen LogP contribution is 2.15. The standard InChI is InChI=1S/C20H20N4O3/c1-3-17-18(13(2)27-24-17)20(26)22-12-14-5-4-6-16(11-14)23-19(25)15-7-9-21-10-8-15/h4-11H,3,12H2,1-2H3,(H,22,26)(H,23,25). The summed E-state index contributed by atoms with van der Waals surface area (Å²) in [5.74, 6) is 0.0609. The van der Waals surface area contributed by atoms with Crippen molar-refractivity contribution in [1.82, 2.24) is 15.5 Å². The molecule has 0 spiro atoms. The summed E-state index contributed by atoms with van der Waals surface area (Å²) in [6.45, 7) is 3.96. The first kappa shape index (κ1) is 18.3. The van der Waals surface area contributed by atoms with Crippen molar-refractivity contribution < 1.29 is 14.1 Å². The molecule has 0 radical (unpaired) electrons. The van der Waals surface area contributed by atoms with Crippen LogP contribution in [-0.4, -0.2) is 22.0 Å². The maximum absolute atomic E-state index is 12.4. The SMILES string of the molecule is CCc1noc(C)c1C(=O)NCc1cccc(NC(=O)c2ccncc2)c1. The second-order valence-corrected chi connectivity index (χ2v) is 5.99. The minimum atomic E-state index is -0.225. The Hall–Kier alpha value is -3.48. The fourth-order valence-corrected chi connectivity index (χ4v) is 2.69. The van der Waals surface area contributed by atoms with Crippen LogP contribution in [0, 0.1) is 6.92 Å². The topological polar surface area (TPSA) is 97.1 Å². The molecule has 2 aromatic heterocycles. The van der Waals surface area contributed by atoms with Crippen LogP contribution < -0.4 is 10.6 Å². The van der Waals surface area contributed by atoms with Crippen molar-refractivity contribution >= 4 is 17.5 Å². The van der Waals surface area contributed by atoms with Crippen LogP contribution in [0.5, 0.6) is 0 Å². The van der Waals surface area contributed by atoms with Gasteiger partial charge < -0.3 is 15.2 Å². The minimum Gasteiger partial charge on any atom is -0.361 e. The van der Waals surface area contributed by atoms with Crippen molar-refractivity contribution in [3.8, 4) is 0 Å². The predicted molar refractivity (Wildman–Crippen MR) is 100 cm³/mol. The van der Waals surface area contributed by atoms with Crippen molar-refractivity contribution in [2.75, 3.05) is 5.32 Å². The molecule has 2 heterocycles. The van der Waals surface area contributed by atoms with E-state index in [1.54, 1.807) is 37.5 Å². The zero-order chi connectivity index (χ0) is 19.2. The van der Waals surface area contributed by atoms with Crippen LogP contribution in [0.1, 0.15) is 44.7 Å². The summed E-state index contributed by atoms with van der Waals surface area (Å²) in [7, 11) is 0. The van der Waals surface area contributed by atoms with Crippen molar-refractivity contribution in [1.29, 1.82) is 0 Å². The highest BCUT2D eigenvalue weighted by molar-refractivity contribution is 6.04. The van der Waals surface area contributed by atoms with Gasteiger partial charge in [0.25, 0.3) is 11.8 Å². The lowest BCUT2D eigenvalue weighted by Crippen LogP contribution is -2.24. The minimum absolute atomic E-state index is 0.216. The normalized spacial score (nSPS) is 10.4. The zero-order valence-corrected chi connectivity index (χ0v) is 15.2. The van der Waals surface area contributed by atoms with Crippen LogP contribution in [0.25, 0.3) is 0 Å². The number of aromatic nitrogens is 2. The van der Waals surface area contributed by atoms with Gasteiger partial charge in [-0.1, -0.05) is 24.2 Å². The van der Waals surface area contributed by atoms with Gasteiger partial charge in [-0.25, -0.2) is 0 Å². The van der Waals surface area contributed by atoms with Gasteiger partial charge >= 0.3 is 0 Å². The van der Waals surface area contributed by atoms with Crippen LogP contribution in [0.15, 0.2) is 53.3 Å². The third kappa shape index (κ3) is 4.38. The van der Waals surface area contributed by atoms with Gasteiger partial charge in [0.05, 0.1) is 5.69 Å². The van der Waals surface area contributed by atoms with Gasteiger partial charge in [-0.15, -0.1) is 0 Å². The molecule has 0 unspecified atom stereocenters. The molecule has 1 aromatic carbocycles. The molecule has 0 aliphatic carbocycles. The Kier molecular flexibility index (Phi) is 5.61. The summed E-state index contributed by atoms with van der Waals surface area (Å²) in [4.78, 5) is 28.6. The molecule has 3 aromatic rings. The Morgan fingerprint density at radius 3 is 2.63 bits per heavy atom. The molecule has 7 heteroatoms. The van der Waals surface area contributed by atoms with E-state index >= 15 is 0 Å². The lowest BCUT2D eigenvalue weighted by atomic mass is 10.1. The number of amides is 2. The lowest BCUT2D eigenvalue weighted by Gasteiger charge is -2.09. The Morgan fingerprint density at radius 2 is 1.89 bits per heavy atom. The van der Waals surface area contributed by atoms with Gasteiger partial charge in [0.2, 0.25) is 0 Å². The second-order valence-electron chi connectivity index (χ2n) is 5.99. The molecule has 138 valence electrons. The number of carbonyl (C=O) groups excluding carboxylic acids is 2. The summed E-state index contributed by atoms with van der Waals surface area (Å²) < 4.78 is 5.10. The Labute approximate surface area is 156 Å². The second kappa shape index (κ2) is 8.27. The third-order valence-corrected chi connectivity index (χ3v) is 4.08. The maximum Gasteiger partial charge on any atom is 0.257 e. The zero-order valence-electron chi connectivity index (χ0n) is 15.2. The molecular formula is C20H20N4O3. The van der Waals surface area contributed by atoms with E-state index in [1.165, 1.54) is 0 Å². The van der Waals surface area contributed by atoms with E-state index in [2.05, 4.69) is 20.8 Å². The van der Waals surface area contributed by atoms with E-state index in [4.69, 9.17) is 4.52 Å². The number of hydrogen-bond acceptors (Lipinski definition) is 5. The molecule has 0 aliphatic rings. The number of rotatable bonds is 6. The molecule has 0 fully saturated rings. The van der Waals surface area contributed by atoms with E-state index in [9.17, 15) is 9.59 Å². The van der Waals surface area contributed by atoms with Gasteiger partial charge in [-0.05, 0) is 43.2 Å². The van der Waals surface area contributed by atoms with Crippen LogP contribution in [0.2, 0.25) is 0 Å². The molecule has 3 rings (SSSR count). The largest absolute Gasteiger partial charge is 0.361 e. The monoisotopic (exact) mass is 364 g/mol. The fourth-order valence-electron chi connectivity index (χ4n) is 2.69. The summed E-state index contributed by atoms with van der Waals surface area (Å²) in [6, 6.07) is 10.6. The van der Waals surface area contributed by atoms with Gasteiger partial charge in [0.1, 0.15) is 11.3 Å². The van der Waals surface area contributed by atoms with Gasteiger partial charge in [0.15, 0.2) is 0 Å². The van der Waals surface area contributed by atoms with E-state index in [1.807, 2.05) is 25.1 Å². The molecule has 0 bridgehead atoms. The number of benzene rings is 1. The highest BCUT2D eigenvalue weighted by Gasteiger charge is 2.18. The highest BCUT2D eigenvalue weighted by atomic mass is 16.5. The first-order chi connectivity index (χ1) is 13.1. The molecule has 0 saturated heterocycles. The molecular weight excluding hydrogens is 344 g/mol. The summed E-state index contributed by atoms with van der Waals surface area (Å²) >= 11 is 0. The Balaban J connectivity index is 1.65. The van der Waals surface area contributed by atoms with Gasteiger partial charge in [-0.2, -0.15) is 0 Å². The lowest BCUT2D eigenvalue weighted by molar-refractivity contribution is 0.0947. The summed E-state index contributed by atoms with van der Waals surface area (Å²) in [5, 5.41) is 9.60. The number of pyridine rings is 1. The van der Waals surface area contributed by atoms with Crippen LogP contribution in [0.3, 0.4) is 0 Å². The van der Waals surface area contributed by atoms with Crippen LogP contribution >= 0.6 is 0 Å². The van der Waals surface area contributed by atoms with Crippen molar-refractivity contribution in [2.45, 2.75) is 26.8 Å². The number of hydrogen-bond donors (Lipinski definition) is 2. The van der Waals surface area contributed by atoms with E-state index in [0.717, 1.165) is 5.56 Å². The van der Waals surface area contributed by atoms with Crippen molar-refractivity contribution in [3.63, 3.8) is 0 Å². The predicted octanol–water partition coefficient (Wildman–Crippen LogP) is 3.12.